The van der Waals surface area contributed by atoms with E-state index in [4.69, 9.17) is 4.52 Å². The van der Waals surface area contributed by atoms with Crippen molar-refractivity contribution in [3.8, 4) is 0 Å². The van der Waals surface area contributed by atoms with E-state index >= 15 is 0 Å². The smallest absolute Gasteiger partial charge is 0.276 e. The molecule has 0 radical (unpaired) electrons. The largest absolute Gasteiger partial charge is 0.361 e. The average Bonchev–Trinajstić information content (AvgIpc) is 3.22. The van der Waals surface area contributed by atoms with Crippen LogP contribution in [0.5, 0.6) is 0 Å². The van der Waals surface area contributed by atoms with Gasteiger partial charge in [-0.25, -0.2) is 0 Å². The molecule has 0 saturated heterocycles. The quantitative estimate of drug-likeness (QED) is 0.751. The number of hydrogen-bond acceptors (Lipinski definition) is 5. The van der Waals surface area contributed by atoms with Crippen molar-refractivity contribution in [3.63, 3.8) is 0 Å². The monoisotopic (exact) mass is 379 g/mol. The molecule has 28 heavy (non-hydrogen) atoms. The van der Waals surface area contributed by atoms with Crippen LogP contribution in [0.2, 0.25) is 0 Å². The maximum Gasteiger partial charge on any atom is 0.276 e. The van der Waals surface area contributed by atoms with Gasteiger partial charge in [-0.15, -0.1) is 0 Å². The van der Waals surface area contributed by atoms with Crippen LogP contribution in [-0.4, -0.2) is 38.2 Å². The number of aromatic nitrogens is 3. The highest BCUT2D eigenvalue weighted by molar-refractivity contribution is 6.02. The van der Waals surface area contributed by atoms with Crippen molar-refractivity contribution in [1.82, 2.24) is 19.8 Å². The maximum atomic E-state index is 12.7. The highest BCUT2D eigenvalue weighted by atomic mass is 16.5. The molecule has 4 rings (SSSR count). The molecule has 8 nitrogen and oxygen atoms in total. The molecule has 0 bridgehead atoms. The van der Waals surface area contributed by atoms with Gasteiger partial charge in [0.25, 0.3) is 5.91 Å². The number of carbonyl (C=O) groups is 2. The van der Waals surface area contributed by atoms with E-state index in [1.165, 1.54) is 0 Å². The Morgan fingerprint density at radius 2 is 2.00 bits per heavy atom. The van der Waals surface area contributed by atoms with Crippen LogP contribution in [0.3, 0.4) is 0 Å². The molecule has 0 atom stereocenters. The number of nitrogens with one attached hydrogen (secondary N) is 1. The summed E-state index contributed by atoms with van der Waals surface area (Å²) in [5.41, 5.74) is 2.66. The lowest BCUT2D eigenvalue weighted by atomic mass is 10.2. The van der Waals surface area contributed by atoms with Crippen molar-refractivity contribution in [3.05, 3.63) is 65.3 Å². The van der Waals surface area contributed by atoms with Gasteiger partial charge in [0.1, 0.15) is 5.76 Å². The molecule has 3 heterocycles. The summed E-state index contributed by atoms with van der Waals surface area (Å²) in [7, 11) is 0. The minimum Gasteiger partial charge on any atom is -0.361 e. The van der Waals surface area contributed by atoms with Crippen molar-refractivity contribution in [1.29, 1.82) is 0 Å². The number of nitrogens with zero attached hydrogens (tertiary/aromatic N) is 4. The predicted molar refractivity (Wildman–Crippen MR) is 102 cm³/mol. The summed E-state index contributed by atoms with van der Waals surface area (Å²) < 4.78 is 6.96. The van der Waals surface area contributed by atoms with Crippen LogP contribution in [0.1, 0.15) is 34.1 Å². The van der Waals surface area contributed by atoms with E-state index in [1.54, 1.807) is 17.0 Å². The second-order valence-electron chi connectivity index (χ2n) is 6.84. The summed E-state index contributed by atoms with van der Waals surface area (Å²) in [4.78, 5) is 26.9. The molecule has 1 aliphatic heterocycles. The van der Waals surface area contributed by atoms with Gasteiger partial charge in [0.15, 0.2) is 5.69 Å². The van der Waals surface area contributed by atoms with Gasteiger partial charge in [0.05, 0.1) is 24.4 Å². The maximum absolute atomic E-state index is 12.7. The number of fused-ring (bicyclic) bond motifs is 1. The molecular weight excluding hydrogens is 358 g/mol. The SMILES string of the molecule is Cc1cc(CC(=O)N2CCCn3nc(C(=O)Nc4ccccc4)cc3C2)on1. The number of amides is 2. The van der Waals surface area contributed by atoms with E-state index in [0.29, 0.717) is 31.1 Å². The van der Waals surface area contributed by atoms with Gasteiger partial charge in [-0.05, 0) is 31.5 Å². The van der Waals surface area contributed by atoms with Crippen molar-refractivity contribution in [2.24, 2.45) is 0 Å². The van der Waals surface area contributed by atoms with Crippen molar-refractivity contribution < 1.29 is 14.1 Å². The summed E-state index contributed by atoms with van der Waals surface area (Å²) in [6, 6.07) is 12.8. The molecule has 144 valence electrons. The van der Waals surface area contributed by atoms with E-state index in [2.05, 4.69) is 15.6 Å². The lowest BCUT2D eigenvalue weighted by molar-refractivity contribution is -0.131. The van der Waals surface area contributed by atoms with Crippen molar-refractivity contribution in [2.45, 2.75) is 32.9 Å². The summed E-state index contributed by atoms with van der Waals surface area (Å²) in [5, 5.41) is 11.1. The van der Waals surface area contributed by atoms with Gasteiger partial charge in [0.2, 0.25) is 5.91 Å². The Bertz CT molecular complexity index is 992. The van der Waals surface area contributed by atoms with Crippen LogP contribution < -0.4 is 5.32 Å². The normalized spacial score (nSPS) is 13.7. The van der Waals surface area contributed by atoms with Crippen LogP contribution in [0, 0.1) is 6.92 Å². The minimum absolute atomic E-state index is 0.0268. The third-order valence-electron chi connectivity index (χ3n) is 4.63. The molecule has 1 N–H and O–H groups in total. The molecule has 0 fully saturated rings. The molecule has 0 spiro atoms. The van der Waals surface area contributed by atoms with Crippen LogP contribution >= 0.6 is 0 Å². The highest BCUT2D eigenvalue weighted by Crippen LogP contribution is 2.17. The number of anilines is 1. The zero-order chi connectivity index (χ0) is 19.5. The Balaban J connectivity index is 1.46. The van der Waals surface area contributed by atoms with Crippen molar-refractivity contribution >= 4 is 17.5 Å². The van der Waals surface area contributed by atoms with Gasteiger partial charge in [0, 0.05) is 24.8 Å². The van der Waals surface area contributed by atoms with Gasteiger partial charge in [-0.3, -0.25) is 14.3 Å². The second kappa shape index (κ2) is 7.67. The fourth-order valence-electron chi connectivity index (χ4n) is 3.26. The van der Waals surface area contributed by atoms with Crippen LogP contribution in [0.25, 0.3) is 0 Å². The Hall–Kier alpha value is -3.42. The van der Waals surface area contributed by atoms with E-state index in [9.17, 15) is 9.59 Å². The fraction of sp³-hybridized carbons (Fsp3) is 0.300. The summed E-state index contributed by atoms with van der Waals surface area (Å²) in [6.07, 6.45) is 0.950. The number of benzene rings is 1. The first kappa shape index (κ1) is 18.0. The molecule has 8 heteroatoms. The van der Waals surface area contributed by atoms with Crippen LogP contribution in [0.15, 0.2) is 47.0 Å². The average molecular weight is 379 g/mol. The van der Waals surface area contributed by atoms with Crippen LogP contribution in [-0.2, 0) is 24.3 Å². The summed E-state index contributed by atoms with van der Waals surface area (Å²) >= 11 is 0. The minimum atomic E-state index is -0.262. The van der Waals surface area contributed by atoms with Gasteiger partial charge in [-0.2, -0.15) is 5.10 Å². The summed E-state index contributed by atoms with van der Waals surface area (Å²) in [5.74, 6) is 0.269. The summed E-state index contributed by atoms with van der Waals surface area (Å²) in [6.45, 7) is 3.54. The van der Waals surface area contributed by atoms with Crippen LogP contribution in [0.4, 0.5) is 5.69 Å². The first-order valence-electron chi connectivity index (χ1n) is 9.21. The number of carbonyl (C=O) groups excluding carboxylic acids is 2. The molecule has 0 aliphatic carbocycles. The lowest BCUT2D eigenvalue weighted by Crippen LogP contribution is -2.31. The number of para-hydroxylation sites is 1. The Morgan fingerprint density at radius 3 is 2.75 bits per heavy atom. The third-order valence-corrected chi connectivity index (χ3v) is 4.63. The molecule has 2 aromatic heterocycles. The van der Waals surface area contributed by atoms with Crippen molar-refractivity contribution in [2.75, 3.05) is 11.9 Å². The Labute approximate surface area is 162 Å². The molecule has 0 saturated carbocycles. The molecule has 2 amide bonds. The fourth-order valence-corrected chi connectivity index (χ4v) is 3.26. The number of aryl methyl sites for hydroxylation is 2. The van der Waals surface area contributed by atoms with Gasteiger partial charge < -0.3 is 14.7 Å². The molecule has 3 aromatic rings. The van der Waals surface area contributed by atoms with Gasteiger partial charge in [-0.1, -0.05) is 23.4 Å². The number of hydrogen-bond donors (Lipinski definition) is 1. The van der Waals surface area contributed by atoms with Gasteiger partial charge >= 0.3 is 0 Å². The Kier molecular flexibility index (Phi) is 4.92. The van der Waals surface area contributed by atoms with E-state index in [-0.39, 0.29) is 18.2 Å². The third kappa shape index (κ3) is 3.95. The number of rotatable bonds is 4. The predicted octanol–water partition coefficient (Wildman–Crippen LogP) is 2.41. The molecule has 1 aromatic carbocycles. The lowest BCUT2D eigenvalue weighted by Gasteiger charge is -2.19. The van der Waals surface area contributed by atoms with E-state index < -0.39 is 0 Å². The zero-order valence-electron chi connectivity index (χ0n) is 15.6. The highest BCUT2D eigenvalue weighted by Gasteiger charge is 2.23. The zero-order valence-corrected chi connectivity index (χ0v) is 15.6. The molecule has 1 aliphatic rings. The molecular formula is C20H21N5O3. The first-order chi connectivity index (χ1) is 13.6. The van der Waals surface area contributed by atoms with E-state index in [0.717, 1.165) is 23.5 Å². The van der Waals surface area contributed by atoms with E-state index in [1.807, 2.05) is 41.9 Å². The molecule has 0 unspecified atom stereocenters. The Morgan fingerprint density at radius 1 is 1.18 bits per heavy atom. The standard InChI is InChI=1S/C20H21N5O3/c1-14-10-17(28-23-14)12-19(26)24-8-5-9-25-16(13-24)11-18(22-25)20(27)21-15-6-3-2-4-7-15/h2-4,6-7,10-11H,5,8-9,12-13H2,1H3,(H,21,27). The first-order valence-corrected chi connectivity index (χ1v) is 9.21. The topological polar surface area (TPSA) is 93.3 Å². The second-order valence-corrected chi connectivity index (χ2v) is 6.84.